The second-order valence-corrected chi connectivity index (χ2v) is 6.09. The van der Waals surface area contributed by atoms with Crippen molar-refractivity contribution in [2.45, 2.75) is 18.9 Å². The number of carbonyl (C=O) groups is 1. The summed E-state index contributed by atoms with van der Waals surface area (Å²) in [7, 11) is 3.88. The molecule has 1 heterocycles. The van der Waals surface area contributed by atoms with Crippen LogP contribution in [0.2, 0.25) is 0 Å². The average molecular weight is 278 g/mol. The van der Waals surface area contributed by atoms with Gasteiger partial charge in [-0.3, -0.25) is 4.79 Å². The lowest BCUT2D eigenvalue weighted by atomic mass is 10.0. The molecule has 0 aromatic heterocycles. The fourth-order valence-electron chi connectivity index (χ4n) is 2.39. The van der Waals surface area contributed by atoms with Gasteiger partial charge < -0.3 is 10.2 Å². The molecule has 104 valence electrons. The van der Waals surface area contributed by atoms with Gasteiger partial charge in [0.25, 0.3) is 5.91 Å². The highest BCUT2D eigenvalue weighted by Gasteiger charge is 2.25. The van der Waals surface area contributed by atoms with Gasteiger partial charge in [-0.1, -0.05) is 18.2 Å². The van der Waals surface area contributed by atoms with Crippen LogP contribution in [-0.4, -0.2) is 49.0 Å². The molecule has 0 aliphatic carbocycles. The maximum atomic E-state index is 12.6. The van der Waals surface area contributed by atoms with Crippen molar-refractivity contribution in [3.8, 4) is 0 Å². The minimum absolute atomic E-state index is 0.166. The SMILES string of the molecule is CNCCc1ccccc1C(=O)N(C)C1CCSC1. The van der Waals surface area contributed by atoms with E-state index in [-0.39, 0.29) is 5.91 Å². The van der Waals surface area contributed by atoms with Gasteiger partial charge >= 0.3 is 0 Å². The highest BCUT2D eigenvalue weighted by molar-refractivity contribution is 7.99. The molecule has 3 nitrogen and oxygen atoms in total. The van der Waals surface area contributed by atoms with Gasteiger partial charge in [0.15, 0.2) is 0 Å². The zero-order valence-electron chi connectivity index (χ0n) is 11.7. The van der Waals surface area contributed by atoms with E-state index in [0.29, 0.717) is 6.04 Å². The predicted molar refractivity (Wildman–Crippen MR) is 81.9 cm³/mol. The molecule has 0 spiro atoms. The van der Waals surface area contributed by atoms with Gasteiger partial charge in [0.2, 0.25) is 0 Å². The van der Waals surface area contributed by atoms with Gasteiger partial charge in [0, 0.05) is 24.4 Å². The molecule has 1 aromatic rings. The molecule has 0 radical (unpaired) electrons. The molecule has 0 bridgehead atoms. The molecule has 1 N–H and O–H groups in total. The van der Waals surface area contributed by atoms with Gasteiger partial charge in [-0.25, -0.2) is 0 Å². The zero-order chi connectivity index (χ0) is 13.7. The molecular formula is C15H22N2OS. The lowest BCUT2D eigenvalue weighted by Crippen LogP contribution is -2.37. The second kappa shape index (κ2) is 6.96. The Morgan fingerprint density at radius 3 is 2.95 bits per heavy atom. The number of nitrogens with zero attached hydrogens (tertiary/aromatic N) is 1. The molecule has 2 rings (SSSR count). The van der Waals surface area contributed by atoms with Gasteiger partial charge in [0.05, 0.1) is 0 Å². The minimum Gasteiger partial charge on any atom is -0.338 e. The van der Waals surface area contributed by atoms with Crippen molar-refractivity contribution in [3.63, 3.8) is 0 Å². The first kappa shape index (κ1) is 14.4. The van der Waals surface area contributed by atoms with E-state index in [2.05, 4.69) is 11.4 Å². The Hall–Kier alpha value is -1.00. The standard InChI is InChI=1S/C15H22N2OS/c1-16-9-7-12-5-3-4-6-14(12)15(18)17(2)13-8-10-19-11-13/h3-6,13,16H,7-11H2,1-2H3. The Morgan fingerprint density at radius 1 is 1.47 bits per heavy atom. The molecule has 4 heteroatoms. The van der Waals surface area contributed by atoms with Crippen molar-refractivity contribution in [2.24, 2.45) is 0 Å². The summed E-state index contributed by atoms with van der Waals surface area (Å²) < 4.78 is 0. The van der Waals surface area contributed by atoms with Crippen LogP contribution in [0.15, 0.2) is 24.3 Å². The number of benzene rings is 1. The molecule has 0 saturated carbocycles. The van der Waals surface area contributed by atoms with Crippen LogP contribution in [0.1, 0.15) is 22.3 Å². The van der Waals surface area contributed by atoms with Gasteiger partial charge in [-0.15, -0.1) is 0 Å². The van der Waals surface area contributed by atoms with Crippen molar-refractivity contribution in [2.75, 3.05) is 32.1 Å². The van der Waals surface area contributed by atoms with E-state index in [4.69, 9.17) is 0 Å². The molecule has 1 unspecified atom stereocenters. The first-order chi connectivity index (χ1) is 9.24. The molecule has 1 atom stereocenters. The third-order valence-corrected chi connectivity index (χ3v) is 4.81. The summed E-state index contributed by atoms with van der Waals surface area (Å²) in [6.45, 7) is 0.896. The second-order valence-electron chi connectivity index (χ2n) is 4.94. The fraction of sp³-hybridized carbons (Fsp3) is 0.533. The Kier molecular flexibility index (Phi) is 5.28. The molecule has 19 heavy (non-hydrogen) atoms. The minimum atomic E-state index is 0.166. The van der Waals surface area contributed by atoms with Crippen LogP contribution >= 0.6 is 11.8 Å². The molecule has 1 saturated heterocycles. The van der Waals surface area contributed by atoms with Crippen LogP contribution < -0.4 is 5.32 Å². The van der Waals surface area contributed by atoms with Crippen molar-refractivity contribution in [1.82, 2.24) is 10.2 Å². The smallest absolute Gasteiger partial charge is 0.254 e. The number of hydrogen-bond donors (Lipinski definition) is 1. The van der Waals surface area contributed by atoms with E-state index < -0.39 is 0 Å². The third-order valence-electron chi connectivity index (χ3n) is 3.67. The number of thioether (sulfide) groups is 1. The molecular weight excluding hydrogens is 256 g/mol. The van der Waals surface area contributed by atoms with Crippen LogP contribution in [0.4, 0.5) is 0 Å². The summed E-state index contributed by atoms with van der Waals surface area (Å²) in [4.78, 5) is 14.5. The van der Waals surface area contributed by atoms with E-state index in [1.54, 1.807) is 0 Å². The summed E-state index contributed by atoms with van der Waals surface area (Å²) in [6.07, 6.45) is 2.01. The molecule has 1 amide bonds. The van der Waals surface area contributed by atoms with Crippen LogP contribution in [0.25, 0.3) is 0 Å². The summed E-state index contributed by atoms with van der Waals surface area (Å²) >= 11 is 1.94. The third kappa shape index (κ3) is 3.51. The Bertz CT molecular complexity index is 430. The summed E-state index contributed by atoms with van der Waals surface area (Å²) in [5, 5.41) is 3.14. The van der Waals surface area contributed by atoms with E-state index in [9.17, 15) is 4.79 Å². The maximum Gasteiger partial charge on any atom is 0.254 e. The first-order valence-electron chi connectivity index (χ1n) is 6.81. The van der Waals surface area contributed by atoms with Gasteiger partial charge in [0.1, 0.15) is 0 Å². The normalized spacial score (nSPS) is 18.5. The van der Waals surface area contributed by atoms with E-state index in [1.165, 1.54) is 5.75 Å². The van der Waals surface area contributed by atoms with E-state index in [1.807, 2.05) is 49.0 Å². The van der Waals surface area contributed by atoms with E-state index >= 15 is 0 Å². The van der Waals surface area contributed by atoms with Gasteiger partial charge in [-0.05, 0) is 43.8 Å². The van der Waals surface area contributed by atoms with Crippen molar-refractivity contribution in [1.29, 1.82) is 0 Å². The molecule has 1 fully saturated rings. The molecule has 1 aliphatic rings. The van der Waals surface area contributed by atoms with Crippen LogP contribution in [0.5, 0.6) is 0 Å². The number of hydrogen-bond acceptors (Lipinski definition) is 3. The number of likely N-dealkylation sites (N-methyl/N-ethyl adjacent to an activating group) is 1. The topological polar surface area (TPSA) is 32.3 Å². The summed E-state index contributed by atoms with van der Waals surface area (Å²) in [5.74, 6) is 2.41. The Morgan fingerprint density at radius 2 is 2.26 bits per heavy atom. The van der Waals surface area contributed by atoms with Gasteiger partial charge in [-0.2, -0.15) is 11.8 Å². The highest BCUT2D eigenvalue weighted by atomic mass is 32.2. The predicted octanol–water partition coefficient (Wildman–Crippen LogP) is 2.03. The van der Waals surface area contributed by atoms with E-state index in [0.717, 1.165) is 36.3 Å². The lowest BCUT2D eigenvalue weighted by Gasteiger charge is -2.25. The fourth-order valence-corrected chi connectivity index (χ4v) is 3.66. The Labute approximate surface area is 119 Å². The summed E-state index contributed by atoms with van der Waals surface area (Å²) in [5.41, 5.74) is 2.00. The summed E-state index contributed by atoms with van der Waals surface area (Å²) in [6, 6.07) is 8.36. The van der Waals surface area contributed by atoms with Crippen LogP contribution in [0.3, 0.4) is 0 Å². The lowest BCUT2D eigenvalue weighted by molar-refractivity contribution is 0.0746. The molecule has 1 aliphatic heterocycles. The number of nitrogens with one attached hydrogen (secondary N) is 1. The monoisotopic (exact) mass is 278 g/mol. The van der Waals surface area contributed by atoms with Crippen LogP contribution in [-0.2, 0) is 6.42 Å². The number of carbonyl (C=O) groups excluding carboxylic acids is 1. The average Bonchev–Trinajstić information content (AvgIpc) is 2.98. The number of amides is 1. The Balaban J connectivity index is 2.13. The zero-order valence-corrected chi connectivity index (χ0v) is 12.5. The first-order valence-corrected chi connectivity index (χ1v) is 7.97. The van der Waals surface area contributed by atoms with Crippen molar-refractivity contribution < 1.29 is 4.79 Å². The highest BCUT2D eigenvalue weighted by Crippen LogP contribution is 2.23. The van der Waals surface area contributed by atoms with Crippen molar-refractivity contribution in [3.05, 3.63) is 35.4 Å². The quantitative estimate of drug-likeness (QED) is 0.894. The number of rotatable bonds is 5. The van der Waals surface area contributed by atoms with Crippen molar-refractivity contribution >= 4 is 17.7 Å². The largest absolute Gasteiger partial charge is 0.338 e. The maximum absolute atomic E-state index is 12.6. The molecule has 1 aromatic carbocycles. The van der Waals surface area contributed by atoms with Crippen LogP contribution in [0, 0.1) is 0 Å².